The molecule has 0 aliphatic carbocycles. The summed E-state index contributed by atoms with van der Waals surface area (Å²) in [5.74, 6) is 1.26. The fraction of sp³-hybridized carbons (Fsp3) is 0.333. The molecule has 0 saturated heterocycles. The van der Waals surface area contributed by atoms with E-state index in [1.807, 2.05) is 26.0 Å². The maximum atomic E-state index is 13.0. The third kappa shape index (κ3) is 2.56. The Morgan fingerprint density at radius 2 is 2.00 bits per heavy atom. The maximum absolute atomic E-state index is 13.0. The van der Waals surface area contributed by atoms with E-state index in [9.17, 15) is 4.79 Å². The summed E-state index contributed by atoms with van der Waals surface area (Å²) < 4.78 is 9.20. The van der Waals surface area contributed by atoms with Gasteiger partial charge in [-0.1, -0.05) is 31.9 Å². The average Bonchev–Trinajstić information content (AvgIpc) is 2.84. The number of carbonyl (C=O) groups excluding carboxylic acids is 1. The van der Waals surface area contributed by atoms with E-state index < -0.39 is 0 Å². The molecule has 0 bridgehead atoms. The summed E-state index contributed by atoms with van der Waals surface area (Å²) in [6, 6.07) is 3.69. The van der Waals surface area contributed by atoms with Crippen LogP contribution in [0.5, 0.6) is 5.75 Å². The van der Waals surface area contributed by atoms with Gasteiger partial charge in [-0.25, -0.2) is 4.68 Å². The van der Waals surface area contributed by atoms with Crippen LogP contribution in [-0.2, 0) is 7.05 Å². The Bertz CT molecular complexity index is 734. The highest BCUT2D eigenvalue weighted by Gasteiger charge is 2.31. The minimum atomic E-state index is -0.0713. The SMILES string of the molecule is Cc1c(Br)cc(C(=O)N2C[C@H](C)Oc3cnn(C)c32)cc1Br. The van der Waals surface area contributed by atoms with Crippen molar-refractivity contribution in [1.29, 1.82) is 0 Å². The zero-order valence-electron chi connectivity index (χ0n) is 12.4. The monoisotopic (exact) mass is 427 g/mol. The Labute approximate surface area is 145 Å². The lowest BCUT2D eigenvalue weighted by Gasteiger charge is -2.31. The third-order valence-corrected chi connectivity index (χ3v) is 5.32. The van der Waals surface area contributed by atoms with Crippen molar-refractivity contribution in [3.8, 4) is 5.75 Å². The van der Waals surface area contributed by atoms with Gasteiger partial charge in [-0.15, -0.1) is 0 Å². The van der Waals surface area contributed by atoms with Crippen LogP contribution in [0.25, 0.3) is 0 Å². The topological polar surface area (TPSA) is 47.4 Å². The number of hydrogen-bond donors (Lipinski definition) is 0. The van der Waals surface area contributed by atoms with Crippen molar-refractivity contribution in [1.82, 2.24) is 9.78 Å². The largest absolute Gasteiger partial charge is 0.483 e. The number of aryl methyl sites for hydroxylation is 1. The van der Waals surface area contributed by atoms with E-state index in [0.29, 0.717) is 23.7 Å². The summed E-state index contributed by atoms with van der Waals surface area (Å²) in [5.41, 5.74) is 1.68. The number of aromatic nitrogens is 2. The molecule has 1 aliphatic heterocycles. The second kappa shape index (κ2) is 5.70. The highest BCUT2D eigenvalue weighted by molar-refractivity contribution is 9.11. The zero-order chi connectivity index (χ0) is 16.0. The van der Waals surface area contributed by atoms with Crippen LogP contribution < -0.4 is 9.64 Å². The van der Waals surface area contributed by atoms with Crippen molar-refractivity contribution in [3.05, 3.63) is 38.4 Å². The van der Waals surface area contributed by atoms with Crippen molar-refractivity contribution in [2.75, 3.05) is 11.4 Å². The minimum absolute atomic E-state index is 0.0681. The number of rotatable bonds is 1. The van der Waals surface area contributed by atoms with Crippen LogP contribution in [0.1, 0.15) is 22.8 Å². The molecular formula is C15H15Br2N3O2. The van der Waals surface area contributed by atoms with Gasteiger partial charge in [-0.05, 0) is 31.5 Å². The first-order valence-corrected chi connectivity index (χ1v) is 8.43. The van der Waals surface area contributed by atoms with Gasteiger partial charge in [-0.2, -0.15) is 5.10 Å². The molecular weight excluding hydrogens is 414 g/mol. The molecule has 0 saturated carbocycles. The summed E-state index contributed by atoms with van der Waals surface area (Å²) in [6.07, 6.45) is 1.57. The molecule has 1 aliphatic rings. The van der Waals surface area contributed by atoms with Gasteiger partial charge in [0.05, 0.1) is 12.7 Å². The molecule has 3 rings (SSSR count). The first-order valence-electron chi connectivity index (χ1n) is 6.84. The van der Waals surface area contributed by atoms with E-state index in [0.717, 1.165) is 14.5 Å². The van der Waals surface area contributed by atoms with E-state index in [-0.39, 0.29) is 12.0 Å². The van der Waals surface area contributed by atoms with Gasteiger partial charge in [0.1, 0.15) is 6.10 Å². The molecule has 2 heterocycles. The van der Waals surface area contributed by atoms with E-state index in [2.05, 4.69) is 37.0 Å². The van der Waals surface area contributed by atoms with E-state index >= 15 is 0 Å². The number of ether oxygens (including phenoxy) is 1. The van der Waals surface area contributed by atoms with Crippen molar-refractivity contribution in [2.45, 2.75) is 20.0 Å². The molecule has 1 atom stereocenters. The summed E-state index contributed by atoms with van der Waals surface area (Å²) in [4.78, 5) is 14.7. The fourth-order valence-corrected chi connectivity index (χ4v) is 3.69. The molecule has 2 aromatic rings. The normalized spacial score (nSPS) is 17.1. The van der Waals surface area contributed by atoms with Crippen LogP contribution in [-0.4, -0.2) is 28.3 Å². The number of anilines is 1. The molecule has 0 fully saturated rings. The molecule has 0 radical (unpaired) electrons. The molecule has 0 N–H and O–H groups in total. The Morgan fingerprint density at radius 1 is 1.36 bits per heavy atom. The van der Waals surface area contributed by atoms with Gasteiger partial charge in [0.15, 0.2) is 11.6 Å². The predicted molar refractivity (Wildman–Crippen MR) is 91.6 cm³/mol. The number of nitrogens with zero attached hydrogens (tertiary/aromatic N) is 3. The maximum Gasteiger partial charge on any atom is 0.259 e. The predicted octanol–water partition coefficient (Wildman–Crippen LogP) is 3.68. The van der Waals surface area contributed by atoms with Crippen LogP contribution in [0.2, 0.25) is 0 Å². The number of carbonyl (C=O) groups is 1. The first-order chi connectivity index (χ1) is 10.4. The third-order valence-electron chi connectivity index (χ3n) is 3.67. The van der Waals surface area contributed by atoms with Gasteiger partial charge < -0.3 is 4.74 Å². The molecule has 1 aromatic heterocycles. The molecule has 0 spiro atoms. The van der Waals surface area contributed by atoms with Crippen LogP contribution in [0, 0.1) is 6.92 Å². The summed E-state index contributed by atoms with van der Waals surface area (Å²) in [5, 5.41) is 4.19. The quantitative estimate of drug-likeness (QED) is 0.695. The number of hydrogen-bond acceptors (Lipinski definition) is 3. The number of benzene rings is 1. The van der Waals surface area contributed by atoms with Crippen LogP contribution in [0.3, 0.4) is 0 Å². The fourth-order valence-electron chi connectivity index (χ4n) is 2.50. The number of halogens is 2. The smallest absolute Gasteiger partial charge is 0.259 e. The second-order valence-corrected chi connectivity index (χ2v) is 7.07. The molecule has 7 heteroatoms. The number of fused-ring (bicyclic) bond motifs is 1. The van der Waals surface area contributed by atoms with Gasteiger partial charge in [0, 0.05) is 21.6 Å². The Balaban J connectivity index is 2.04. The molecule has 1 aromatic carbocycles. The lowest BCUT2D eigenvalue weighted by Crippen LogP contribution is -2.43. The Hall–Kier alpha value is -1.34. The zero-order valence-corrected chi connectivity index (χ0v) is 15.6. The van der Waals surface area contributed by atoms with Crippen LogP contribution in [0.15, 0.2) is 27.3 Å². The van der Waals surface area contributed by atoms with Gasteiger partial charge >= 0.3 is 0 Å². The first kappa shape index (κ1) is 15.6. The molecule has 5 nitrogen and oxygen atoms in total. The van der Waals surface area contributed by atoms with E-state index in [4.69, 9.17) is 4.74 Å². The minimum Gasteiger partial charge on any atom is -0.483 e. The molecule has 116 valence electrons. The lowest BCUT2D eigenvalue weighted by molar-refractivity contribution is 0.0958. The van der Waals surface area contributed by atoms with Crippen LogP contribution >= 0.6 is 31.9 Å². The lowest BCUT2D eigenvalue weighted by atomic mass is 10.1. The highest BCUT2D eigenvalue weighted by atomic mass is 79.9. The van der Waals surface area contributed by atoms with E-state index in [1.54, 1.807) is 22.8 Å². The highest BCUT2D eigenvalue weighted by Crippen LogP contribution is 2.34. The van der Waals surface area contributed by atoms with E-state index in [1.165, 1.54) is 0 Å². The van der Waals surface area contributed by atoms with Gasteiger partial charge in [0.25, 0.3) is 5.91 Å². The van der Waals surface area contributed by atoms with Gasteiger partial charge in [0.2, 0.25) is 0 Å². The summed E-state index contributed by atoms with van der Waals surface area (Å²) in [7, 11) is 1.80. The van der Waals surface area contributed by atoms with Gasteiger partial charge in [-0.3, -0.25) is 9.69 Å². The second-order valence-electron chi connectivity index (χ2n) is 5.37. The molecule has 0 unspecified atom stereocenters. The molecule has 1 amide bonds. The summed E-state index contributed by atoms with van der Waals surface area (Å²) >= 11 is 6.99. The Morgan fingerprint density at radius 3 is 2.64 bits per heavy atom. The van der Waals surface area contributed by atoms with Crippen molar-refractivity contribution in [2.24, 2.45) is 7.05 Å². The Kier molecular flexibility index (Phi) is 4.03. The van der Waals surface area contributed by atoms with Crippen LogP contribution in [0.4, 0.5) is 5.82 Å². The average molecular weight is 429 g/mol. The van der Waals surface area contributed by atoms with Crippen molar-refractivity contribution >= 4 is 43.6 Å². The van der Waals surface area contributed by atoms with Crippen molar-refractivity contribution < 1.29 is 9.53 Å². The van der Waals surface area contributed by atoms with Crippen molar-refractivity contribution in [3.63, 3.8) is 0 Å². The number of amides is 1. The standard InChI is InChI=1S/C15H15Br2N3O2/c1-8-7-20(14-13(22-8)6-18-19(14)3)15(21)10-4-11(16)9(2)12(17)5-10/h4-6,8H,7H2,1-3H3/t8-/m0/s1. The summed E-state index contributed by atoms with van der Waals surface area (Å²) in [6.45, 7) is 4.42. The molecule has 22 heavy (non-hydrogen) atoms.